The summed E-state index contributed by atoms with van der Waals surface area (Å²) in [7, 11) is 0. The van der Waals surface area contributed by atoms with Gasteiger partial charge >= 0.3 is 5.69 Å². The van der Waals surface area contributed by atoms with Gasteiger partial charge in [0.15, 0.2) is 0 Å². The van der Waals surface area contributed by atoms with Gasteiger partial charge in [0.2, 0.25) is 0 Å². The molecule has 13 heteroatoms. The van der Waals surface area contributed by atoms with E-state index in [4.69, 9.17) is 21.6 Å². The molecule has 0 spiro atoms. The first-order valence-corrected chi connectivity index (χ1v) is 9.91. The molecule has 0 unspecified atom stereocenters. The number of rotatable bonds is 5. The maximum atomic E-state index is 14.7. The van der Waals surface area contributed by atoms with E-state index in [1.165, 1.54) is 18.2 Å². The predicted molar refractivity (Wildman–Crippen MR) is 113 cm³/mol. The molecule has 0 saturated carbocycles. The van der Waals surface area contributed by atoms with E-state index in [9.17, 15) is 23.2 Å². The molecule has 1 aliphatic heterocycles. The fourth-order valence-corrected chi connectivity index (χ4v) is 3.66. The standard InChI is InChI=1S/C20H15ClF2N6O4/c21-13-3-10(1-2-11(13)5-24)8-33-16-7-29(9-20(16,22)23)15-4-14(27-28-18(15)31)12-6-25-19(32)26-17(12)30/h1-4,6,16H,7-9H2,(H,28,31)(H2,25,26,30,32)/t16-/m0/s1. The monoisotopic (exact) mass is 476 g/mol. The highest BCUT2D eigenvalue weighted by Gasteiger charge is 2.49. The highest BCUT2D eigenvalue weighted by Crippen LogP contribution is 2.33. The van der Waals surface area contributed by atoms with Gasteiger partial charge in [-0.25, -0.2) is 18.7 Å². The summed E-state index contributed by atoms with van der Waals surface area (Å²) in [5, 5.41) is 15.1. The van der Waals surface area contributed by atoms with Gasteiger partial charge in [0.25, 0.3) is 17.0 Å². The van der Waals surface area contributed by atoms with Crippen molar-refractivity contribution in [3.63, 3.8) is 0 Å². The Balaban J connectivity index is 1.55. The molecule has 3 aromatic rings. The number of nitrogens with zero attached hydrogens (tertiary/aromatic N) is 3. The quantitative estimate of drug-likeness (QED) is 0.503. The minimum absolute atomic E-state index is 0.0120. The number of H-pyrrole nitrogens is 3. The smallest absolute Gasteiger partial charge is 0.325 e. The second-order valence-corrected chi connectivity index (χ2v) is 7.73. The molecule has 1 aromatic carbocycles. The van der Waals surface area contributed by atoms with Crippen molar-refractivity contribution in [2.24, 2.45) is 0 Å². The molecule has 1 saturated heterocycles. The molecular formula is C20H15ClF2N6O4. The Labute approximate surface area is 188 Å². The molecule has 1 aliphatic rings. The van der Waals surface area contributed by atoms with Crippen molar-refractivity contribution in [2.75, 3.05) is 18.0 Å². The van der Waals surface area contributed by atoms with Crippen molar-refractivity contribution < 1.29 is 13.5 Å². The van der Waals surface area contributed by atoms with Gasteiger partial charge < -0.3 is 14.6 Å². The van der Waals surface area contributed by atoms with E-state index in [0.717, 1.165) is 11.1 Å². The molecule has 33 heavy (non-hydrogen) atoms. The summed E-state index contributed by atoms with van der Waals surface area (Å²) in [5.74, 6) is -3.28. The summed E-state index contributed by atoms with van der Waals surface area (Å²) in [6.45, 7) is -1.27. The average molecular weight is 477 g/mol. The van der Waals surface area contributed by atoms with Gasteiger partial charge in [-0.05, 0) is 23.8 Å². The zero-order valence-corrected chi connectivity index (χ0v) is 17.4. The maximum absolute atomic E-state index is 14.7. The van der Waals surface area contributed by atoms with Gasteiger partial charge in [-0.15, -0.1) is 0 Å². The molecule has 3 heterocycles. The number of aromatic amines is 3. The Morgan fingerprint density at radius 3 is 2.76 bits per heavy atom. The zero-order chi connectivity index (χ0) is 23.8. The summed E-state index contributed by atoms with van der Waals surface area (Å²) in [6, 6.07) is 7.59. The van der Waals surface area contributed by atoms with Crippen LogP contribution in [0.2, 0.25) is 5.02 Å². The number of hydrogen-bond donors (Lipinski definition) is 3. The minimum atomic E-state index is -3.28. The van der Waals surface area contributed by atoms with E-state index in [-0.39, 0.29) is 40.7 Å². The fourth-order valence-electron chi connectivity index (χ4n) is 3.42. The Bertz CT molecular complexity index is 1430. The van der Waals surface area contributed by atoms with Gasteiger partial charge in [0.1, 0.15) is 17.9 Å². The summed E-state index contributed by atoms with van der Waals surface area (Å²) >= 11 is 5.96. The molecule has 2 aromatic heterocycles. The Hall–Kier alpha value is -3.82. The number of nitrogens with one attached hydrogen (secondary N) is 3. The van der Waals surface area contributed by atoms with Crippen LogP contribution in [-0.2, 0) is 11.3 Å². The van der Waals surface area contributed by atoms with Crippen LogP contribution in [0.15, 0.2) is 44.8 Å². The third-order valence-electron chi connectivity index (χ3n) is 5.08. The van der Waals surface area contributed by atoms with Gasteiger partial charge in [-0.1, -0.05) is 17.7 Å². The van der Waals surface area contributed by atoms with Crippen molar-refractivity contribution in [1.82, 2.24) is 20.2 Å². The average Bonchev–Trinajstić information content (AvgIpc) is 3.07. The summed E-state index contributed by atoms with van der Waals surface area (Å²) in [6.07, 6.45) is -0.418. The molecule has 0 aliphatic carbocycles. The topological polar surface area (TPSA) is 148 Å². The number of halogens is 3. The highest BCUT2D eigenvalue weighted by atomic mass is 35.5. The molecule has 0 radical (unpaired) electrons. The van der Waals surface area contributed by atoms with Crippen LogP contribution in [0.25, 0.3) is 11.3 Å². The number of ether oxygens (including phenoxy) is 1. The lowest BCUT2D eigenvalue weighted by atomic mass is 10.1. The van der Waals surface area contributed by atoms with Crippen LogP contribution in [0.5, 0.6) is 0 Å². The van der Waals surface area contributed by atoms with Gasteiger partial charge in [-0.2, -0.15) is 10.4 Å². The van der Waals surface area contributed by atoms with E-state index in [2.05, 4.69) is 15.2 Å². The lowest BCUT2D eigenvalue weighted by molar-refractivity contribution is -0.110. The SMILES string of the molecule is N#Cc1ccc(CO[C@H]2CN(c3cc(-c4c[nH]c(=O)[nH]c4=O)n[nH]c3=O)CC2(F)F)cc1Cl. The molecule has 10 nitrogen and oxygen atoms in total. The van der Waals surface area contributed by atoms with Crippen molar-refractivity contribution >= 4 is 17.3 Å². The number of nitriles is 1. The molecule has 3 N–H and O–H groups in total. The van der Waals surface area contributed by atoms with Crippen LogP contribution < -0.4 is 21.7 Å². The summed E-state index contributed by atoms with van der Waals surface area (Å²) < 4.78 is 34.7. The molecule has 0 bridgehead atoms. The summed E-state index contributed by atoms with van der Waals surface area (Å²) in [4.78, 5) is 41.0. The maximum Gasteiger partial charge on any atom is 0.325 e. The highest BCUT2D eigenvalue weighted by molar-refractivity contribution is 6.31. The predicted octanol–water partition coefficient (Wildman–Crippen LogP) is 1.38. The first-order valence-electron chi connectivity index (χ1n) is 9.53. The number of aromatic nitrogens is 4. The number of hydrogen-bond acceptors (Lipinski definition) is 7. The largest absolute Gasteiger partial charge is 0.365 e. The third-order valence-corrected chi connectivity index (χ3v) is 5.40. The van der Waals surface area contributed by atoms with Crippen molar-refractivity contribution in [3.05, 3.63) is 77.8 Å². The second kappa shape index (κ2) is 8.61. The lowest BCUT2D eigenvalue weighted by Crippen LogP contribution is -2.34. The van der Waals surface area contributed by atoms with Crippen LogP contribution in [0.4, 0.5) is 14.5 Å². The van der Waals surface area contributed by atoms with Gasteiger partial charge in [0.05, 0.1) is 41.5 Å². The van der Waals surface area contributed by atoms with Gasteiger partial charge in [-0.3, -0.25) is 14.6 Å². The fraction of sp³-hybridized carbons (Fsp3) is 0.250. The first-order chi connectivity index (χ1) is 15.7. The Morgan fingerprint density at radius 2 is 2.06 bits per heavy atom. The molecule has 0 amide bonds. The molecule has 1 atom stereocenters. The molecule has 4 rings (SSSR count). The van der Waals surface area contributed by atoms with Crippen LogP contribution in [0, 0.1) is 11.3 Å². The van der Waals surface area contributed by atoms with Crippen molar-refractivity contribution in [2.45, 2.75) is 18.6 Å². The molecular weight excluding hydrogens is 462 g/mol. The van der Waals surface area contributed by atoms with Crippen LogP contribution in [0.3, 0.4) is 0 Å². The number of alkyl halides is 2. The summed E-state index contributed by atoms with van der Waals surface area (Å²) in [5.41, 5.74) is -1.63. The zero-order valence-electron chi connectivity index (χ0n) is 16.7. The van der Waals surface area contributed by atoms with Crippen molar-refractivity contribution in [1.29, 1.82) is 5.26 Å². The van der Waals surface area contributed by atoms with Crippen LogP contribution in [0.1, 0.15) is 11.1 Å². The van der Waals surface area contributed by atoms with Crippen molar-refractivity contribution in [3.8, 4) is 17.3 Å². The van der Waals surface area contributed by atoms with E-state index in [1.807, 2.05) is 11.1 Å². The van der Waals surface area contributed by atoms with Gasteiger partial charge in [0, 0.05) is 6.20 Å². The normalized spacial score (nSPS) is 17.2. The molecule has 170 valence electrons. The minimum Gasteiger partial charge on any atom is -0.365 e. The number of benzene rings is 1. The Morgan fingerprint density at radius 1 is 1.27 bits per heavy atom. The first kappa shape index (κ1) is 22.4. The molecule has 1 fully saturated rings. The van der Waals surface area contributed by atoms with Crippen LogP contribution >= 0.6 is 11.6 Å². The van der Waals surface area contributed by atoms with E-state index in [0.29, 0.717) is 5.56 Å². The van der Waals surface area contributed by atoms with E-state index >= 15 is 0 Å². The lowest BCUT2D eigenvalue weighted by Gasteiger charge is -2.18. The van der Waals surface area contributed by atoms with Crippen LogP contribution in [-0.4, -0.2) is 45.3 Å². The third kappa shape index (κ3) is 4.55. The number of anilines is 1. The Kier molecular flexibility index (Phi) is 5.84. The van der Waals surface area contributed by atoms with E-state index in [1.54, 1.807) is 6.07 Å². The second-order valence-electron chi connectivity index (χ2n) is 7.32. The van der Waals surface area contributed by atoms with E-state index < -0.39 is 35.4 Å².